The summed E-state index contributed by atoms with van der Waals surface area (Å²) in [6, 6.07) is 0. The molecule has 1 saturated carbocycles. The Balaban J connectivity index is 2.06. The Morgan fingerprint density at radius 1 is 1.13 bits per heavy atom. The molecule has 1 fully saturated rings. The molecule has 1 rings (SSSR count). The Bertz CT molecular complexity index is 175. The molecule has 0 heterocycles. The molecule has 0 atom stereocenters. The molecule has 0 unspecified atom stereocenters. The summed E-state index contributed by atoms with van der Waals surface area (Å²) >= 11 is 0. The van der Waals surface area contributed by atoms with Crippen molar-refractivity contribution in [3.63, 3.8) is 0 Å². The first-order valence-corrected chi connectivity index (χ1v) is 7.29. The summed E-state index contributed by atoms with van der Waals surface area (Å²) in [7, 11) is -1.84. The van der Waals surface area contributed by atoms with E-state index in [2.05, 4.69) is 12.2 Å². The SMILES string of the molecule is CCO[SiH](OCC)OCC=CC1CCC1. The highest BCUT2D eigenvalue weighted by Gasteiger charge is 2.14. The highest BCUT2D eigenvalue weighted by atomic mass is 28.3. The van der Waals surface area contributed by atoms with E-state index in [1.165, 1.54) is 19.3 Å². The molecule has 1 aliphatic rings. The number of rotatable bonds is 8. The summed E-state index contributed by atoms with van der Waals surface area (Å²) in [4.78, 5) is 0. The molecule has 1 aliphatic carbocycles. The lowest BCUT2D eigenvalue weighted by Gasteiger charge is -2.21. The lowest BCUT2D eigenvalue weighted by molar-refractivity contribution is 0.112. The van der Waals surface area contributed by atoms with Gasteiger partial charge >= 0.3 is 9.53 Å². The van der Waals surface area contributed by atoms with Gasteiger partial charge in [0.2, 0.25) is 0 Å². The minimum atomic E-state index is -1.84. The van der Waals surface area contributed by atoms with Crippen LogP contribution in [0.2, 0.25) is 0 Å². The molecular formula is C11H22O3Si. The van der Waals surface area contributed by atoms with Gasteiger partial charge in [-0.25, -0.2) is 0 Å². The van der Waals surface area contributed by atoms with Gasteiger partial charge in [0.05, 0.1) is 6.61 Å². The average Bonchev–Trinajstić information content (AvgIpc) is 2.15. The van der Waals surface area contributed by atoms with Crippen molar-refractivity contribution in [1.82, 2.24) is 0 Å². The minimum absolute atomic E-state index is 0.632. The van der Waals surface area contributed by atoms with Gasteiger partial charge < -0.3 is 13.3 Å². The van der Waals surface area contributed by atoms with E-state index in [0.29, 0.717) is 19.8 Å². The standard InChI is InChI=1S/C11H22O3Si/c1-3-12-15(13-4-2)14-10-6-9-11-7-5-8-11/h6,9,11,15H,3-5,7-8,10H2,1-2H3. The molecule has 0 N–H and O–H groups in total. The van der Waals surface area contributed by atoms with Crippen LogP contribution < -0.4 is 0 Å². The van der Waals surface area contributed by atoms with E-state index < -0.39 is 9.53 Å². The molecule has 0 aromatic heterocycles. The summed E-state index contributed by atoms with van der Waals surface area (Å²) in [5.41, 5.74) is 0. The van der Waals surface area contributed by atoms with E-state index in [0.717, 1.165) is 5.92 Å². The smallest absolute Gasteiger partial charge is 0.376 e. The highest BCUT2D eigenvalue weighted by Crippen LogP contribution is 2.27. The molecule has 0 amide bonds. The maximum atomic E-state index is 5.55. The number of allylic oxidation sites excluding steroid dienone is 1. The zero-order chi connectivity index (χ0) is 10.9. The van der Waals surface area contributed by atoms with Crippen molar-refractivity contribution in [1.29, 1.82) is 0 Å². The average molecular weight is 230 g/mol. The van der Waals surface area contributed by atoms with E-state index in [9.17, 15) is 0 Å². The van der Waals surface area contributed by atoms with Crippen LogP contribution in [0.1, 0.15) is 33.1 Å². The number of hydrogen-bond donors (Lipinski definition) is 0. The third kappa shape index (κ3) is 5.46. The summed E-state index contributed by atoms with van der Waals surface area (Å²) < 4.78 is 16.3. The molecule has 15 heavy (non-hydrogen) atoms. The first-order chi connectivity index (χ1) is 7.36. The van der Waals surface area contributed by atoms with Crippen molar-refractivity contribution in [2.45, 2.75) is 33.1 Å². The molecule has 3 nitrogen and oxygen atoms in total. The summed E-state index contributed by atoms with van der Waals surface area (Å²) in [6.45, 7) is 5.90. The quantitative estimate of drug-likeness (QED) is 0.472. The Morgan fingerprint density at radius 3 is 2.27 bits per heavy atom. The minimum Gasteiger partial charge on any atom is -0.376 e. The Kier molecular flexibility index (Phi) is 6.92. The van der Waals surface area contributed by atoms with Crippen LogP contribution in [0.25, 0.3) is 0 Å². The third-order valence-electron chi connectivity index (χ3n) is 2.49. The van der Waals surface area contributed by atoms with Gasteiger partial charge in [0.15, 0.2) is 0 Å². The maximum Gasteiger partial charge on any atom is 0.484 e. The zero-order valence-electron chi connectivity index (χ0n) is 9.78. The summed E-state index contributed by atoms with van der Waals surface area (Å²) in [5.74, 6) is 0.799. The van der Waals surface area contributed by atoms with Crippen LogP contribution in [0, 0.1) is 5.92 Å². The van der Waals surface area contributed by atoms with Crippen LogP contribution in [-0.2, 0) is 13.3 Å². The van der Waals surface area contributed by atoms with Gasteiger partial charge in [-0.15, -0.1) is 0 Å². The molecule has 4 heteroatoms. The molecule has 0 aromatic carbocycles. The van der Waals surface area contributed by atoms with Gasteiger partial charge in [-0.3, -0.25) is 0 Å². The second kappa shape index (κ2) is 8.04. The second-order valence-corrected chi connectivity index (χ2v) is 5.23. The zero-order valence-corrected chi connectivity index (χ0v) is 10.9. The Hall–Kier alpha value is -0.163. The predicted octanol–water partition coefficient (Wildman–Crippen LogP) is 2.15. The molecule has 0 bridgehead atoms. The molecule has 0 aliphatic heterocycles. The van der Waals surface area contributed by atoms with E-state index in [-0.39, 0.29) is 0 Å². The first-order valence-electron chi connectivity index (χ1n) is 5.88. The predicted molar refractivity (Wildman–Crippen MR) is 62.8 cm³/mol. The molecular weight excluding hydrogens is 208 g/mol. The Morgan fingerprint density at radius 2 is 1.80 bits per heavy atom. The van der Waals surface area contributed by atoms with Crippen LogP contribution in [0.4, 0.5) is 0 Å². The fourth-order valence-corrected chi connectivity index (χ4v) is 2.53. The fourth-order valence-electron chi connectivity index (χ4n) is 1.43. The van der Waals surface area contributed by atoms with Crippen LogP contribution in [0.5, 0.6) is 0 Å². The first kappa shape index (κ1) is 12.9. The monoisotopic (exact) mass is 230 g/mol. The molecule has 0 radical (unpaired) electrons. The molecule has 0 saturated heterocycles. The van der Waals surface area contributed by atoms with Crippen molar-refractivity contribution in [3.8, 4) is 0 Å². The van der Waals surface area contributed by atoms with Gasteiger partial charge in [-0.05, 0) is 32.6 Å². The van der Waals surface area contributed by atoms with E-state index in [1.54, 1.807) is 0 Å². The van der Waals surface area contributed by atoms with Crippen molar-refractivity contribution in [3.05, 3.63) is 12.2 Å². The lowest BCUT2D eigenvalue weighted by atomic mass is 9.85. The van der Waals surface area contributed by atoms with Gasteiger partial charge in [-0.1, -0.05) is 18.6 Å². The normalized spacial score (nSPS) is 17.5. The molecule has 0 aromatic rings. The van der Waals surface area contributed by atoms with Crippen molar-refractivity contribution in [2.75, 3.05) is 19.8 Å². The molecule has 0 spiro atoms. The van der Waals surface area contributed by atoms with Crippen LogP contribution >= 0.6 is 0 Å². The van der Waals surface area contributed by atoms with Gasteiger partial charge in [0.25, 0.3) is 0 Å². The van der Waals surface area contributed by atoms with E-state index >= 15 is 0 Å². The van der Waals surface area contributed by atoms with E-state index in [4.69, 9.17) is 13.3 Å². The largest absolute Gasteiger partial charge is 0.484 e. The van der Waals surface area contributed by atoms with Gasteiger partial charge in [0.1, 0.15) is 0 Å². The van der Waals surface area contributed by atoms with Crippen LogP contribution in [-0.4, -0.2) is 29.3 Å². The van der Waals surface area contributed by atoms with E-state index in [1.807, 2.05) is 13.8 Å². The highest BCUT2D eigenvalue weighted by molar-refractivity contribution is 6.36. The van der Waals surface area contributed by atoms with Gasteiger partial charge in [0, 0.05) is 13.2 Å². The fraction of sp³-hybridized carbons (Fsp3) is 0.818. The van der Waals surface area contributed by atoms with Crippen LogP contribution in [0.3, 0.4) is 0 Å². The summed E-state index contributed by atoms with van der Waals surface area (Å²) in [6.07, 6.45) is 8.42. The van der Waals surface area contributed by atoms with Crippen molar-refractivity contribution in [2.24, 2.45) is 5.92 Å². The van der Waals surface area contributed by atoms with Crippen LogP contribution in [0.15, 0.2) is 12.2 Å². The Labute approximate surface area is 94.4 Å². The summed E-state index contributed by atoms with van der Waals surface area (Å²) in [5, 5.41) is 0. The maximum absolute atomic E-state index is 5.55. The van der Waals surface area contributed by atoms with Crippen molar-refractivity contribution < 1.29 is 13.3 Å². The third-order valence-corrected chi connectivity index (χ3v) is 4.17. The van der Waals surface area contributed by atoms with Crippen molar-refractivity contribution >= 4 is 9.53 Å². The topological polar surface area (TPSA) is 27.7 Å². The lowest BCUT2D eigenvalue weighted by Crippen LogP contribution is -2.27. The number of hydrogen-bond acceptors (Lipinski definition) is 3. The second-order valence-electron chi connectivity index (χ2n) is 3.65. The molecule has 88 valence electrons. The van der Waals surface area contributed by atoms with Gasteiger partial charge in [-0.2, -0.15) is 0 Å².